The molecule has 1 unspecified atom stereocenters. The highest BCUT2D eigenvalue weighted by Gasteiger charge is 2.30. The number of hydrogen-bond donors (Lipinski definition) is 0. The van der Waals surface area contributed by atoms with Gasteiger partial charge in [0.2, 0.25) is 11.8 Å². The number of aryl methyl sites for hydroxylation is 1. The topological polar surface area (TPSA) is 59.2 Å². The molecule has 3 rings (SSSR count). The molecule has 0 aliphatic carbocycles. The van der Waals surface area contributed by atoms with Crippen LogP contribution in [0.3, 0.4) is 0 Å². The van der Waals surface area contributed by atoms with Gasteiger partial charge >= 0.3 is 0 Å². The third-order valence-corrected chi connectivity index (χ3v) is 4.89. The summed E-state index contributed by atoms with van der Waals surface area (Å²) in [5, 5.41) is 8.22. The van der Waals surface area contributed by atoms with Gasteiger partial charge in [-0.1, -0.05) is 25.9 Å². The van der Waals surface area contributed by atoms with E-state index < -0.39 is 0 Å². The van der Waals surface area contributed by atoms with Crippen LogP contribution in [0.1, 0.15) is 63.4 Å². The van der Waals surface area contributed by atoms with Crippen molar-refractivity contribution >= 4 is 17.2 Å². The van der Waals surface area contributed by atoms with Crippen molar-refractivity contribution in [1.82, 2.24) is 15.0 Å². The Hall–Kier alpha value is -1.69. The molecule has 124 valence electrons. The molecule has 0 saturated carbocycles. The zero-order valence-electron chi connectivity index (χ0n) is 13.9. The van der Waals surface area contributed by atoms with Gasteiger partial charge in [-0.05, 0) is 35.2 Å². The minimum absolute atomic E-state index is 0.134. The fourth-order valence-corrected chi connectivity index (χ4v) is 3.60. The quantitative estimate of drug-likeness (QED) is 0.855. The van der Waals surface area contributed by atoms with E-state index in [0.29, 0.717) is 24.6 Å². The van der Waals surface area contributed by atoms with Crippen molar-refractivity contribution in [3.05, 3.63) is 34.1 Å². The average molecular weight is 333 g/mol. The van der Waals surface area contributed by atoms with E-state index in [-0.39, 0.29) is 17.4 Å². The number of carbonyl (C=O) groups excluding carboxylic acids is 1. The minimum atomic E-state index is -0.134. The van der Waals surface area contributed by atoms with Gasteiger partial charge in [0, 0.05) is 24.8 Å². The average Bonchev–Trinajstić information content (AvgIpc) is 3.22. The Morgan fingerprint density at radius 3 is 2.96 bits per heavy atom. The molecule has 2 aromatic rings. The molecular formula is C17H23N3O2S. The van der Waals surface area contributed by atoms with E-state index in [1.54, 1.807) is 11.3 Å². The highest BCUT2D eigenvalue weighted by molar-refractivity contribution is 7.07. The fraction of sp³-hybridized carbons (Fsp3) is 0.588. The zero-order chi connectivity index (χ0) is 16.4. The lowest BCUT2D eigenvalue weighted by molar-refractivity contribution is -0.132. The van der Waals surface area contributed by atoms with Gasteiger partial charge in [-0.2, -0.15) is 16.3 Å². The van der Waals surface area contributed by atoms with Gasteiger partial charge in [-0.15, -0.1) is 0 Å². The second-order valence-corrected chi connectivity index (χ2v) is 7.84. The number of nitrogens with zero attached hydrogens (tertiary/aromatic N) is 3. The summed E-state index contributed by atoms with van der Waals surface area (Å²) in [6, 6.07) is 2.36. The Balaban J connectivity index is 1.60. The van der Waals surface area contributed by atoms with Crippen LogP contribution in [-0.2, 0) is 16.6 Å². The molecular weight excluding hydrogens is 310 g/mol. The summed E-state index contributed by atoms with van der Waals surface area (Å²) >= 11 is 1.68. The number of rotatable bonds is 4. The number of aromatic nitrogens is 2. The predicted molar refractivity (Wildman–Crippen MR) is 89.3 cm³/mol. The van der Waals surface area contributed by atoms with Crippen molar-refractivity contribution < 1.29 is 9.32 Å². The SMILES string of the molecule is CC(C)(C)c1noc(CCC(=O)N2CCCC2c2ccsc2)n1. The Morgan fingerprint density at radius 2 is 2.30 bits per heavy atom. The molecule has 0 aromatic carbocycles. The van der Waals surface area contributed by atoms with Gasteiger partial charge in [0.15, 0.2) is 5.82 Å². The van der Waals surface area contributed by atoms with Gasteiger partial charge in [-0.25, -0.2) is 0 Å². The maximum absolute atomic E-state index is 12.6. The van der Waals surface area contributed by atoms with Crippen LogP contribution in [0, 0.1) is 0 Å². The second-order valence-electron chi connectivity index (χ2n) is 7.06. The van der Waals surface area contributed by atoms with Gasteiger partial charge in [0.05, 0.1) is 6.04 Å². The summed E-state index contributed by atoms with van der Waals surface area (Å²) < 4.78 is 5.27. The number of thiophene rings is 1. The number of carbonyl (C=O) groups is 1. The van der Waals surface area contributed by atoms with Gasteiger partial charge in [-0.3, -0.25) is 4.79 Å². The largest absolute Gasteiger partial charge is 0.339 e. The van der Waals surface area contributed by atoms with Crippen LogP contribution in [0.15, 0.2) is 21.3 Å². The monoisotopic (exact) mass is 333 g/mol. The third kappa shape index (κ3) is 3.63. The van der Waals surface area contributed by atoms with Crippen LogP contribution in [0.5, 0.6) is 0 Å². The zero-order valence-corrected chi connectivity index (χ0v) is 14.7. The molecule has 1 aliphatic heterocycles. The van der Waals surface area contributed by atoms with E-state index in [4.69, 9.17) is 4.52 Å². The highest BCUT2D eigenvalue weighted by atomic mass is 32.1. The lowest BCUT2D eigenvalue weighted by Gasteiger charge is -2.24. The third-order valence-electron chi connectivity index (χ3n) is 4.19. The first-order valence-electron chi connectivity index (χ1n) is 8.10. The van der Waals surface area contributed by atoms with Crippen molar-refractivity contribution in [2.45, 2.75) is 57.9 Å². The maximum Gasteiger partial charge on any atom is 0.227 e. The molecule has 2 aromatic heterocycles. The first-order valence-corrected chi connectivity index (χ1v) is 9.04. The summed E-state index contributed by atoms with van der Waals surface area (Å²) in [6.45, 7) is 6.98. The normalized spacial score (nSPS) is 18.6. The van der Waals surface area contributed by atoms with E-state index in [1.807, 2.05) is 25.7 Å². The molecule has 1 saturated heterocycles. The standard InChI is InChI=1S/C17H23N3O2S/c1-17(2,3)16-18-14(22-19-16)6-7-15(21)20-9-4-5-13(20)12-8-10-23-11-12/h8,10-11,13H,4-7,9H2,1-3H3. The molecule has 0 spiro atoms. The summed E-state index contributed by atoms with van der Waals surface area (Å²) in [4.78, 5) is 19.0. The number of likely N-dealkylation sites (tertiary alicyclic amines) is 1. The Kier molecular flexibility index (Phi) is 4.53. The van der Waals surface area contributed by atoms with E-state index in [0.717, 1.165) is 19.4 Å². The predicted octanol–water partition coefficient (Wildman–Crippen LogP) is 3.72. The van der Waals surface area contributed by atoms with Crippen molar-refractivity contribution in [2.24, 2.45) is 0 Å². The van der Waals surface area contributed by atoms with Gasteiger partial charge in [0.1, 0.15) is 0 Å². The van der Waals surface area contributed by atoms with Crippen LogP contribution >= 0.6 is 11.3 Å². The molecule has 6 heteroatoms. The fourth-order valence-electron chi connectivity index (χ4n) is 2.89. The summed E-state index contributed by atoms with van der Waals surface area (Å²) in [7, 11) is 0. The Bertz CT molecular complexity index is 658. The van der Waals surface area contributed by atoms with Crippen LogP contribution in [0.25, 0.3) is 0 Å². The summed E-state index contributed by atoms with van der Waals surface area (Å²) in [5.41, 5.74) is 1.12. The van der Waals surface area contributed by atoms with Crippen molar-refractivity contribution in [3.8, 4) is 0 Å². The Morgan fingerprint density at radius 1 is 1.48 bits per heavy atom. The van der Waals surface area contributed by atoms with Crippen LogP contribution in [-0.4, -0.2) is 27.5 Å². The van der Waals surface area contributed by atoms with Crippen LogP contribution in [0.2, 0.25) is 0 Å². The maximum atomic E-state index is 12.6. The molecule has 0 N–H and O–H groups in total. The molecule has 0 radical (unpaired) electrons. The second kappa shape index (κ2) is 6.43. The van der Waals surface area contributed by atoms with Gasteiger partial charge in [0.25, 0.3) is 0 Å². The smallest absolute Gasteiger partial charge is 0.227 e. The van der Waals surface area contributed by atoms with E-state index in [1.165, 1.54) is 5.56 Å². The molecule has 1 amide bonds. The van der Waals surface area contributed by atoms with Crippen LogP contribution < -0.4 is 0 Å². The first kappa shape index (κ1) is 16.2. The highest BCUT2D eigenvalue weighted by Crippen LogP contribution is 2.33. The van der Waals surface area contributed by atoms with E-state index in [9.17, 15) is 4.79 Å². The van der Waals surface area contributed by atoms with Gasteiger partial charge < -0.3 is 9.42 Å². The molecule has 23 heavy (non-hydrogen) atoms. The number of amides is 1. The summed E-state index contributed by atoms with van der Waals surface area (Å²) in [5.74, 6) is 1.42. The molecule has 5 nitrogen and oxygen atoms in total. The van der Waals surface area contributed by atoms with Crippen molar-refractivity contribution in [3.63, 3.8) is 0 Å². The van der Waals surface area contributed by atoms with E-state index >= 15 is 0 Å². The Labute approximate surface area is 140 Å². The first-order chi connectivity index (χ1) is 10.9. The number of hydrogen-bond acceptors (Lipinski definition) is 5. The summed E-state index contributed by atoms with van der Waals surface area (Å²) in [6.07, 6.45) is 3.05. The molecule has 3 heterocycles. The molecule has 1 atom stereocenters. The van der Waals surface area contributed by atoms with E-state index in [2.05, 4.69) is 27.0 Å². The molecule has 1 aliphatic rings. The minimum Gasteiger partial charge on any atom is -0.339 e. The molecule has 1 fully saturated rings. The van der Waals surface area contributed by atoms with Crippen molar-refractivity contribution in [1.29, 1.82) is 0 Å². The lowest BCUT2D eigenvalue weighted by Crippen LogP contribution is -2.30. The van der Waals surface area contributed by atoms with Crippen LogP contribution in [0.4, 0.5) is 0 Å². The lowest BCUT2D eigenvalue weighted by atomic mass is 9.96. The molecule has 0 bridgehead atoms. The van der Waals surface area contributed by atoms with Crippen molar-refractivity contribution in [2.75, 3.05) is 6.54 Å².